The standard InChI is InChI=1S/C7H16N2O5S/c1-6(10)5-8-15(13,14)9(2)4-3-7(11)12/h6,8,10H,3-5H2,1-2H3,(H,11,12). The van der Waals surface area contributed by atoms with Crippen molar-refractivity contribution < 1.29 is 23.4 Å². The molecular formula is C7H16N2O5S. The third kappa shape index (κ3) is 6.39. The summed E-state index contributed by atoms with van der Waals surface area (Å²) >= 11 is 0. The third-order valence-corrected chi connectivity index (χ3v) is 3.15. The van der Waals surface area contributed by atoms with Crippen LogP contribution in [0, 0.1) is 0 Å². The molecule has 0 saturated heterocycles. The van der Waals surface area contributed by atoms with Gasteiger partial charge < -0.3 is 10.2 Å². The molecule has 0 aromatic rings. The number of hydrogen-bond donors (Lipinski definition) is 3. The Kier molecular flexibility index (Phi) is 5.73. The summed E-state index contributed by atoms with van der Waals surface area (Å²) in [6, 6.07) is 0. The Balaban J connectivity index is 4.14. The van der Waals surface area contributed by atoms with Gasteiger partial charge in [0.2, 0.25) is 0 Å². The predicted octanol–water partition coefficient (Wildman–Crippen LogP) is -1.39. The van der Waals surface area contributed by atoms with E-state index < -0.39 is 22.3 Å². The van der Waals surface area contributed by atoms with E-state index in [1.807, 2.05) is 0 Å². The van der Waals surface area contributed by atoms with Gasteiger partial charge in [-0.25, -0.2) is 0 Å². The van der Waals surface area contributed by atoms with Crippen LogP contribution in [-0.4, -0.2) is 55.1 Å². The minimum Gasteiger partial charge on any atom is -0.481 e. The van der Waals surface area contributed by atoms with Crippen molar-refractivity contribution in [1.29, 1.82) is 0 Å². The van der Waals surface area contributed by atoms with E-state index >= 15 is 0 Å². The average Bonchev–Trinajstić information content (AvgIpc) is 2.11. The second kappa shape index (κ2) is 6.01. The second-order valence-electron chi connectivity index (χ2n) is 3.17. The van der Waals surface area contributed by atoms with Gasteiger partial charge in [-0.3, -0.25) is 4.79 Å². The first kappa shape index (κ1) is 14.3. The highest BCUT2D eigenvalue weighted by molar-refractivity contribution is 7.87. The number of carbonyl (C=O) groups is 1. The zero-order valence-corrected chi connectivity index (χ0v) is 9.49. The number of carboxylic acids is 1. The van der Waals surface area contributed by atoms with E-state index in [2.05, 4.69) is 4.72 Å². The highest BCUT2D eigenvalue weighted by atomic mass is 32.2. The van der Waals surface area contributed by atoms with Crippen molar-refractivity contribution in [2.24, 2.45) is 0 Å². The first-order valence-corrected chi connectivity index (χ1v) is 5.80. The lowest BCUT2D eigenvalue weighted by Crippen LogP contribution is -2.41. The van der Waals surface area contributed by atoms with E-state index in [0.717, 1.165) is 4.31 Å². The van der Waals surface area contributed by atoms with Gasteiger partial charge in [-0.1, -0.05) is 0 Å². The van der Waals surface area contributed by atoms with E-state index in [1.165, 1.54) is 14.0 Å². The smallest absolute Gasteiger partial charge is 0.304 e. The Labute approximate surface area is 88.9 Å². The van der Waals surface area contributed by atoms with Crippen molar-refractivity contribution in [2.45, 2.75) is 19.4 Å². The molecule has 0 heterocycles. The zero-order valence-electron chi connectivity index (χ0n) is 8.67. The maximum atomic E-state index is 11.4. The number of hydrogen-bond acceptors (Lipinski definition) is 4. The van der Waals surface area contributed by atoms with Gasteiger partial charge in [-0.15, -0.1) is 0 Å². The molecule has 0 fully saturated rings. The quantitative estimate of drug-likeness (QED) is 0.508. The largest absolute Gasteiger partial charge is 0.481 e. The van der Waals surface area contributed by atoms with Crippen LogP contribution in [-0.2, 0) is 15.0 Å². The Hall–Kier alpha value is -0.700. The molecule has 0 bridgehead atoms. The van der Waals surface area contributed by atoms with Crippen LogP contribution in [0.3, 0.4) is 0 Å². The number of nitrogens with one attached hydrogen (secondary N) is 1. The maximum absolute atomic E-state index is 11.4. The van der Waals surface area contributed by atoms with Gasteiger partial charge in [0, 0.05) is 20.1 Å². The van der Waals surface area contributed by atoms with Crippen LogP contribution < -0.4 is 4.72 Å². The lowest BCUT2D eigenvalue weighted by Gasteiger charge is -2.17. The number of nitrogens with zero attached hydrogens (tertiary/aromatic N) is 1. The summed E-state index contributed by atoms with van der Waals surface area (Å²) in [5.41, 5.74) is 0. The SMILES string of the molecule is CC(O)CNS(=O)(=O)N(C)CCC(=O)O. The molecule has 0 radical (unpaired) electrons. The van der Waals surface area contributed by atoms with Gasteiger partial charge in [-0.05, 0) is 6.92 Å². The molecule has 0 aliphatic heterocycles. The van der Waals surface area contributed by atoms with E-state index in [9.17, 15) is 13.2 Å². The van der Waals surface area contributed by atoms with Gasteiger partial charge in [0.05, 0.1) is 12.5 Å². The van der Waals surface area contributed by atoms with E-state index in [-0.39, 0.29) is 19.5 Å². The topological polar surface area (TPSA) is 107 Å². The summed E-state index contributed by atoms with van der Waals surface area (Å²) in [6.07, 6.45) is -1.04. The molecule has 0 amide bonds. The monoisotopic (exact) mass is 240 g/mol. The van der Waals surface area contributed by atoms with Crippen molar-refractivity contribution in [3.63, 3.8) is 0 Å². The molecule has 90 valence electrons. The van der Waals surface area contributed by atoms with E-state index in [1.54, 1.807) is 0 Å². The number of aliphatic carboxylic acids is 1. The fraction of sp³-hybridized carbons (Fsp3) is 0.857. The summed E-state index contributed by atoms with van der Waals surface area (Å²) in [6.45, 7) is 1.24. The average molecular weight is 240 g/mol. The fourth-order valence-corrected chi connectivity index (χ4v) is 1.71. The van der Waals surface area contributed by atoms with Crippen molar-refractivity contribution in [2.75, 3.05) is 20.1 Å². The lowest BCUT2D eigenvalue weighted by atomic mass is 10.4. The number of carboxylic acid groups (broad SMARTS) is 1. The molecular weight excluding hydrogens is 224 g/mol. The Morgan fingerprint density at radius 1 is 1.53 bits per heavy atom. The molecule has 0 aliphatic rings. The van der Waals surface area contributed by atoms with Crippen LogP contribution in [0.15, 0.2) is 0 Å². The summed E-state index contributed by atoms with van der Waals surface area (Å²) in [5.74, 6) is -1.06. The number of aliphatic hydroxyl groups is 1. The number of aliphatic hydroxyl groups excluding tert-OH is 1. The van der Waals surface area contributed by atoms with E-state index in [0.29, 0.717) is 0 Å². The Morgan fingerprint density at radius 2 is 2.07 bits per heavy atom. The minimum atomic E-state index is -3.69. The first-order valence-electron chi connectivity index (χ1n) is 4.36. The lowest BCUT2D eigenvalue weighted by molar-refractivity contribution is -0.137. The van der Waals surface area contributed by atoms with Crippen LogP contribution in [0.25, 0.3) is 0 Å². The van der Waals surface area contributed by atoms with Gasteiger partial charge in [-0.2, -0.15) is 17.4 Å². The molecule has 7 nitrogen and oxygen atoms in total. The normalized spacial score (nSPS) is 14.1. The van der Waals surface area contributed by atoms with Crippen molar-refractivity contribution in [1.82, 2.24) is 9.03 Å². The predicted molar refractivity (Wildman–Crippen MR) is 53.5 cm³/mol. The Morgan fingerprint density at radius 3 is 2.47 bits per heavy atom. The highest BCUT2D eigenvalue weighted by Crippen LogP contribution is 1.96. The number of rotatable bonds is 7. The van der Waals surface area contributed by atoms with Crippen LogP contribution >= 0.6 is 0 Å². The molecule has 0 aromatic heterocycles. The van der Waals surface area contributed by atoms with Gasteiger partial charge in [0.15, 0.2) is 0 Å². The molecule has 0 aliphatic carbocycles. The molecule has 0 aromatic carbocycles. The van der Waals surface area contributed by atoms with Crippen molar-refractivity contribution in [3.8, 4) is 0 Å². The molecule has 1 atom stereocenters. The van der Waals surface area contributed by atoms with Crippen LogP contribution in [0.5, 0.6) is 0 Å². The third-order valence-electron chi connectivity index (χ3n) is 1.61. The molecule has 0 saturated carbocycles. The van der Waals surface area contributed by atoms with E-state index in [4.69, 9.17) is 10.2 Å². The second-order valence-corrected chi connectivity index (χ2v) is 5.03. The highest BCUT2D eigenvalue weighted by Gasteiger charge is 2.18. The van der Waals surface area contributed by atoms with Gasteiger partial charge >= 0.3 is 5.97 Å². The van der Waals surface area contributed by atoms with Crippen molar-refractivity contribution >= 4 is 16.2 Å². The van der Waals surface area contributed by atoms with Crippen LogP contribution in [0.2, 0.25) is 0 Å². The van der Waals surface area contributed by atoms with Crippen LogP contribution in [0.4, 0.5) is 0 Å². The van der Waals surface area contributed by atoms with Gasteiger partial charge in [0.1, 0.15) is 0 Å². The summed E-state index contributed by atoms with van der Waals surface area (Å²) in [7, 11) is -2.42. The summed E-state index contributed by atoms with van der Waals surface area (Å²) in [5, 5.41) is 17.2. The maximum Gasteiger partial charge on any atom is 0.304 e. The molecule has 15 heavy (non-hydrogen) atoms. The first-order chi connectivity index (χ1) is 6.75. The summed E-state index contributed by atoms with van der Waals surface area (Å²) in [4.78, 5) is 10.2. The fourth-order valence-electron chi connectivity index (χ4n) is 0.709. The molecule has 8 heteroatoms. The molecule has 0 spiro atoms. The molecule has 3 N–H and O–H groups in total. The van der Waals surface area contributed by atoms with Crippen LogP contribution in [0.1, 0.15) is 13.3 Å². The molecule has 1 unspecified atom stereocenters. The zero-order chi connectivity index (χ0) is 12.1. The van der Waals surface area contributed by atoms with Gasteiger partial charge in [0.25, 0.3) is 10.2 Å². The summed E-state index contributed by atoms with van der Waals surface area (Å²) < 4.78 is 25.7. The van der Waals surface area contributed by atoms with Crippen molar-refractivity contribution in [3.05, 3.63) is 0 Å². The minimum absolute atomic E-state index is 0.0975. The Bertz CT molecular complexity index is 301. The molecule has 0 rings (SSSR count).